The van der Waals surface area contributed by atoms with Crippen LogP contribution in [0.2, 0.25) is 0 Å². The van der Waals surface area contributed by atoms with Gasteiger partial charge in [-0.1, -0.05) is 25.1 Å². The second-order valence-corrected chi connectivity index (χ2v) is 5.41. The Hall–Kier alpha value is -1.94. The third-order valence-corrected chi connectivity index (χ3v) is 4.30. The fourth-order valence-electron chi connectivity index (χ4n) is 2.20. The lowest BCUT2D eigenvalue weighted by atomic mass is 10.1. The normalized spacial score (nSPS) is 11.1. The van der Waals surface area contributed by atoms with Gasteiger partial charge in [-0.05, 0) is 19.4 Å². The van der Waals surface area contributed by atoms with Gasteiger partial charge in [-0.2, -0.15) is 0 Å². The topological polar surface area (TPSA) is 51.8 Å². The van der Waals surface area contributed by atoms with Gasteiger partial charge in [0.15, 0.2) is 5.82 Å². The smallest absolute Gasteiger partial charge is 0.163 e. The number of nitrogens with zero attached hydrogens (tertiary/aromatic N) is 2. The molecule has 96 valence electrons. The van der Waals surface area contributed by atoms with Crippen molar-refractivity contribution in [1.29, 1.82) is 0 Å². The lowest BCUT2D eigenvalue weighted by Crippen LogP contribution is -2.03. The summed E-state index contributed by atoms with van der Waals surface area (Å²) in [7, 11) is 0. The Morgan fingerprint density at radius 1 is 1.21 bits per heavy atom. The van der Waals surface area contributed by atoms with Crippen molar-refractivity contribution >= 4 is 27.2 Å². The second-order valence-electron chi connectivity index (χ2n) is 4.50. The van der Waals surface area contributed by atoms with Gasteiger partial charge in [0, 0.05) is 32.3 Å². The van der Waals surface area contributed by atoms with E-state index in [4.69, 9.17) is 5.73 Å². The highest BCUT2D eigenvalue weighted by Gasteiger charge is 2.12. The Labute approximate surface area is 116 Å². The maximum absolute atomic E-state index is 6.00. The average molecular weight is 269 g/mol. The van der Waals surface area contributed by atoms with Gasteiger partial charge in [0.25, 0.3) is 0 Å². The van der Waals surface area contributed by atoms with Crippen LogP contribution in [0.15, 0.2) is 29.6 Å². The van der Waals surface area contributed by atoms with E-state index in [1.54, 1.807) is 11.3 Å². The molecule has 0 fully saturated rings. The van der Waals surface area contributed by atoms with Crippen molar-refractivity contribution in [2.45, 2.75) is 20.3 Å². The van der Waals surface area contributed by atoms with Gasteiger partial charge in [0.1, 0.15) is 5.82 Å². The Morgan fingerprint density at radius 3 is 2.79 bits per heavy atom. The van der Waals surface area contributed by atoms with Gasteiger partial charge in [0.05, 0.1) is 0 Å². The van der Waals surface area contributed by atoms with E-state index < -0.39 is 0 Å². The van der Waals surface area contributed by atoms with Crippen LogP contribution in [0.3, 0.4) is 0 Å². The first-order valence-corrected chi connectivity index (χ1v) is 7.18. The molecule has 1 aromatic carbocycles. The number of benzene rings is 1. The number of hydrogen-bond acceptors (Lipinski definition) is 4. The van der Waals surface area contributed by atoms with Gasteiger partial charge >= 0.3 is 0 Å². The number of nitrogens with two attached hydrogens (primary N) is 1. The molecule has 0 atom stereocenters. The summed E-state index contributed by atoms with van der Waals surface area (Å²) in [6.07, 6.45) is 0.869. The van der Waals surface area contributed by atoms with Crippen LogP contribution in [0.1, 0.15) is 18.2 Å². The third kappa shape index (κ3) is 1.98. The molecule has 0 saturated carbocycles. The van der Waals surface area contributed by atoms with Crippen LogP contribution in [-0.2, 0) is 6.42 Å². The predicted octanol–water partition coefficient (Wildman–Crippen LogP) is 3.81. The first-order chi connectivity index (χ1) is 9.20. The monoisotopic (exact) mass is 269 g/mol. The van der Waals surface area contributed by atoms with Gasteiger partial charge in [0.2, 0.25) is 0 Å². The molecule has 0 amide bonds. The fraction of sp³-hybridized carbons (Fsp3) is 0.200. The molecule has 3 aromatic rings. The van der Waals surface area contributed by atoms with Crippen molar-refractivity contribution in [2.75, 3.05) is 5.73 Å². The Morgan fingerprint density at radius 2 is 2.00 bits per heavy atom. The number of thiophene rings is 1. The minimum absolute atomic E-state index is 0.581. The number of hydrogen-bond donors (Lipinski definition) is 1. The minimum Gasteiger partial charge on any atom is -0.383 e. The standard InChI is InChI=1S/C15H15N3S/c1-3-12-9(2)14(16)18-15(17-12)11-8-19-13-7-5-4-6-10(11)13/h4-8H,3H2,1-2H3,(H2,16,17,18). The van der Waals surface area contributed by atoms with Crippen LogP contribution in [0.4, 0.5) is 5.82 Å². The van der Waals surface area contributed by atoms with Crippen molar-refractivity contribution in [3.05, 3.63) is 40.9 Å². The molecule has 0 radical (unpaired) electrons. The largest absolute Gasteiger partial charge is 0.383 e. The lowest BCUT2D eigenvalue weighted by Gasteiger charge is -2.08. The van der Waals surface area contributed by atoms with Crippen molar-refractivity contribution in [3.63, 3.8) is 0 Å². The number of nitrogen functional groups attached to an aromatic ring is 1. The maximum atomic E-state index is 6.00. The molecule has 4 heteroatoms. The lowest BCUT2D eigenvalue weighted by molar-refractivity contribution is 0.983. The van der Waals surface area contributed by atoms with Crippen LogP contribution in [0.5, 0.6) is 0 Å². The summed E-state index contributed by atoms with van der Waals surface area (Å²) in [6.45, 7) is 4.06. The van der Waals surface area contributed by atoms with E-state index in [-0.39, 0.29) is 0 Å². The first kappa shape index (κ1) is 12.1. The van der Waals surface area contributed by atoms with E-state index in [2.05, 4.69) is 34.4 Å². The summed E-state index contributed by atoms with van der Waals surface area (Å²) >= 11 is 1.71. The van der Waals surface area contributed by atoms with E-state index in [9.17, 15) is 0 Å². The Bertz CT molecular complexity index is 746. The maximum Gasteiger partial charge on any atom is 0.163 e. The zero-order valence-corrected chi connectivity index (χ0v) is 11.8. The molecule has 0 unspecified atom stereocenters. The SMILES string of the molecule is CCc1nc(-c2csc3ccccc23)nc(N)c1C. The van der Waals surface area contributed by atoms with Crippen LogP contribution >= 0.6 is 11.3 Å². The number of aryl methyl sites for hydroxylation is 1. The molecular formula is C15H15N3S. The van der Waals surface area contributed by atoms with Crippen molar-refractivity contribution in [3.8, 4) is 11.4 Å². The molecule has 2 N–H and O–H groups in total. The summed E-state index contributed by atoms with van der Waals surface area (Å²) < 4.78 is 1.25. The first-order valence-electron chi connectivity index (χ1n) is 6.30. The molecule has 0 bridgehead atoms. The van der Waals surface area contributed by atoms with Crippen molar-refractivity contribution in [1.82, 2.24) is 9.97 Å². The molecule has 0 saturated heterocycles. The van der Waals surface area contributed by atoms with Crippen molar-refractivity contribution < 1.29 is 0 Å². The Balaban J connectivity index is 2.24. The van der Waals surface area contributed by atoms with E-state index in [0.29, 0.717) is 5.82 Å². The molecule has 3 nitrogen and oxygen atoms in total. The highest BCUT2D eigenvalue weighted by Crippen LogP contribution is 2.32. The zero-order chi connectivity index (χ0) is 13.4. The number of rotatable bonds is 2. The number of anilines is 1. The minimum atomic E-state index is 0.581. The quantitative estimate of drug-likeness (QED) is 0.769. The summed E-state index contributed by atoms with van der Waals surface area (Å²) in [5.74, 6) is 1.31. The average Bonchev–Trinajstić information content (AvgIpc) is 2.85. The van der Waals surface area contributed by atoms with Crippen LogP contribution < -0.4 is 5.73 Å². The van der Waals surface area contributed by atoms with Gasteiger partial charge < -0.3 is 5.73 Å². The molecule has 0 aliphatic heterocycles. The molecular weight excluding hydrogens is 254 g/mol. The summed E-state index contributed by atoms with van der Waals surface area (Å²) in [4.78, 5) is 9.11. The second kappa shape index (κ2) is 4.63. The van der Waals surface area contributed by atoms with Gasteiger partial charge in [-0.25, -0.2) is 9.97 Å². The predicted molar refractivity (Wildman–Crippen MR) is 81.4 cm³/mol. The molecule has 3 rings (SSSR count). The fourth-order valence-corrected chi connectivity index (χ4v) is 3.14. The molecule has 2 heterocycles. The summed E-state index contributed by atoms with van der Waals surface area (Å²) in [5.41, 5.74) is 9.09. The number of fused-ring (bicyclic) bond motifs is 1. The molecule has 0 aliphatic carbocycles. The summed E-state index contributed by atoms with van der Waals surface area (Å²) in [5, 5.41) is 3.30. The van der Waals surface area contributed by atoms with Crippen LogP contribution in [0, 0.1) is 6.92 Å². The molecule has 0 aliphatic rings. The van der Waals surface area contributed by atoms with E-state index in [1.807, 2.05) is 19.1 Å². The van der Waals surface area contributed by atoms with E-state index >= 15 is 0 Å². The van der Waals surface area contributed by atoms with E-state index in [1.165, 1.54) is 10.1 Å². The van der Waals surface area contributed by atoms with Crippen molar-refractivity contribution in [2.24, 2.45) is 0 Å². The van der Waals surface area contributed by atoms with E-state index in [0.717, 1.165) is 29.1 Å². The molecule has 2 aromatic heterocycles. The zero-order valence-electron chi connectivity index (χ0n) is 11.0. The van der Waals surface area contributed by atoms with Crippen LogP contribution in [0.25, 0.3) is 21.5 Å². The molecule has 0 spiro atoms. The highest BCUT2D eigenvalue weighted by atomic mass is 32.1. The van der Waals surface area contributed by atoms with Crippen LogP contribution in [-0.4, -0.2) is 9.97 Å². The highest BCUT2D eigenvalue weighted by molar-refractivity contribution is 7.17. The summed E-state index contributed by atoms with van der Waals surface area (Å²) in [6, 6.07) is 8.30. The molecule has 19 heavy (non-hydrogen) atoms. The Kier molecular flexibility index (Phi) is 2.95. The number of aromatic nitrogens is 2. The van der Waals surface area contributed by atoms with Gasteiger partial charge in [-0.3, -0.25) is 0 Å². The van der Waals surface area contributed by atoms with Gasteiger partial charge in [-0.15, -0.1) is 11.3 Å². The third-order valence-electron chi connectivity index (χ3n) is 3.34.